The number of anilines is 1. The molecule has 0 amide bonds. The van der Waals surface area contributed by atoms with Crippen LogP contribution in [0.2, 0.25) is 5.02 Å². The van der Waals surface area contributed by atoms with Crippen LogP contribution in [0.15, 0.2) is 30.9 Å². The van der Waals surface area contributed by atoms with Crippen LogP contribution in [-0.2, 0) is 13.1 Å². The van der Waals surface area contributed by atoms with E-state index in [9.17, 15) is 0 Å². The number of halogens is 1. The Bertz CT molecular complexity index is 1020. The van der Waals surface area contributed by atoms with E-state index >= 15 is 0 Å². The minimum Gasteiger partial charge on any atom is -0.382 e. The fourth-order valence-corrected chi connectivity index (χ4v) is 2.96. The first-order valence-electron chi connectivity index (χ1n) is 7.07. The van der Waals surface area contributed by atoms with Gasteiger partial charge in [-0.1, -0.05) is 17.7 Å². The van der Waals surface area contributed by atoms with Gasteiger partial charge in [0.1, 0.15) is 11.8 Å². The number of H-pyrrole nitrogens is 1. The first kappa shape index (κ1) is 14.0. The number of hydrogen-bond acceptors (Lipinski definition) is 5. The molecule has 0 unspecified atom stereocenters. The predicted molar refractivity (Wildman–Crippen MR) is 90.0 cm³/mol. The third kappa shape index (κ3) is 2.21. The summed E-state index contributed by atoms with van der Waals surface area (Å²) in [4.78, 5) is 15.8. The van der Waals surface area contributed by atoms with Crippen molar-refractivity contribution in [2.24, 2.45) is 5.73 Å². The lowest BCUT2D eigenvalue weighted by atomic mass is 10.1. The molecule has 0 spiro atoms. The molecule has 4 aromatic rings. The van der Waals surface area contributed by atoms with Gasteiger partial charge in [-0.2, -0.15) is 0 Å². The van der Waals surface area contributed by atoms with Gasteiger partial charge in [0.05, 0.1) is 18.4 Å². The van der Waals surface area contributed by atoms with Gasteiger partial charge in [0.15, 0.2) is 11.5 Å². The lowest BCUT2D eigenvalue weighted by Crippen LogP contribution is -2.02. The summed E-state index contributed by atoms with van der Waals surface area (Å²) in [6.07, 6.45) is 3.12. The normalized spacial score (nSPS) is 11.6. The van der Waals surface area contributed by atoms with Crippen LogP contribution < -0.4 is 11.5 Å². The predicted octanol–water partition coefficient (Wildman–Crippen LogP) is 2.05. The van der Waals surface area contributed by atoms with Gasteiger partial charge in [0, 0.05) is 28.2 Å². The van der Waals surface area contributed by atoms with Crippen LogP contribution in [0.4, 0.5) is 5.82 Å². The molecular weight excluding hydrogens is 314 g/mol. The quantitative estimate of drug-likeness (QED) is 0.533. The van der Waals surface area contributed by atoms with Gasteiger partial charge in [-0.3, -0.25) is 0 Å². The number of benzene rings is 1. The summed E-state index contributed by atoms with van der Waals surface area (Å²) in [7, 11) is 0. The molecule has 0 atom stereocenters. The summed E-state index contributed by atoms with van der Waals surface area (Å²) >= 11 is 6.41. The van der Waals surface area contributed by atoms with Crippen molar-refractivity contribution >= 4 is 39.5 Å². The van der Waals surface area contributed by atoms with E-state index in [-0.39, 0.29) is 0 Å². The Morgan fingerprint density at radius 3 is 2.91 bits per heavy atom. The van der Waals surface area contributed by atoms with E-state index in [0.29, 0.717) is 35.1 Å². The van der Waals surface area contributed by atoms with Crippen molar-refractivity contribution in [3.63, 3.8) is 0 Å². The Morgan fingerprint density at radius 2 is 2.09 bits per heavy atom. The zero-order valence-electron chi connectivity index (χ0n) is 12.1. The van der Waals surface area contributed by atoms with Crippen LogP contribution in [0.25, 0.3) is 22.1 Å². The minimum atomic E-state index is 0.364. The Labute approximate surface area is 136 Å². The van der Waals surface area contributed by atoms with Crippen LogP contribution in [0.3, 0.4) is 0 Å². The topological polar surface area (TPSA) is 111 Å². The molecular formula is C15H14ClN7. The van der Waals surface area contributed by atoms with Crippen LogP contribution in [0.5, 0.6) is 0 Å². The molecule has 3 heterocycles. The third-order valence-electron chi connectivity index (χ3n) is 3.88. The first-order valence-corrected chi connectivity index (χ1v) is 7.45. The molecule has 23 heavy (non-hydrogen) atoms. The third-order valence-corrected chi connectivity index (χ3v) is 4.24. The average molecular weight is 328 g/mol. The van der Waals surface area contributed by atoms with Crippen LogP contribution in [0, 0.1) is 0 Å². The Kier molecular flexibility index (Phi) is 3.17. The van der Waals surface area contributed by atoms with Crippen molar-refractivity contribution < 1.29 is 0 Å². The molecule has 3 aromatic heterocycles. The van der Waals surface area contributed by atoms with Crippen LogP contribution in [-0.4, -0.2) is 24.5 Å². The molecule has 0 bridgehead atoms. The highest BCUT2D eigenvalue weighted by molar-refractivity contribution is 6.32. The van der Waals surface area contributed by atoms with Crippen molar-refractivity contribution in [3.05, 3.63) is 47.1 Å². The maximum Gasteiger partial charge on any atom is 0.165 e. The monoisotopic (exact) mass is 327 g/mol. The van der Waals surface area contributed by atoms with Crippen molar-refractivity contribution in [2.75, 3.05) is 5.73 Å². The second-order valence-corrected chi connectivity index (χ2v) is 5.70. The summed E-state index contributed by atoms with van der Waals surface area (Å²) in [5.74, 6) is 0.364. The molecule has 116 valence electrons. The number of nitrogens with two attached hydrogens (primary N) is 2. The van der Waals surface area contributed by atoms with E-state index < -0.39 is 0 Å². The molecule has 8 heteroatoms. The summed E-state index contributed by atoms with van der Waals surface area (Å²) in [5, 5.41) is 1.75. The molecule has 4 rings (SSSR count). The van der Waals surface area contributed by atoms with Gasteiger partial charge in [0.25, 0.3) is 0 Å². The van der Waals surface area contributed by atoms with Crippen LogP contribution >= 0.6 is 11.6 Å². The fraction of sp³-hybridized carbons (Fsp3) is 0.133. The molecule has 0 saturated heterocycles. The van der Waals surface area contributed by atoms with Crippen molar-refractivity contribution in [3.8, 4) is 0 Å². The maximum absolute atomic E-state index is 6.41. The van der Waals surface area contributed by atoms with Crippen molar-refractivity contribution in [1.82, 2.24) is 24.5 Å². The standard InChI is InChI=1S/C15H14ClN7/c16-11-2-1-8-3-9(4-17)22-12(8)10(11)5-23-7-21-13-14(18)19-6-20-15(13)23/h1-3,6-7,22H,4-5,17H2,(H2,18,19,20). The molecule has 0 aliphatic rings. The molecule has 0 aliphatic heterocycles. The van der Waals surface area contributed by atoms with Crippen molar-refractivity contribution in [2.45, 2.75) is 13.1 Å². The van der Waals surface area contributed by atoms with Gasteiger partial charge in [-0.25, -0.2) is 15.0 Å². The molecule has 0 saturated carbocycles. The van der Waals surface area contributed by atoms with Gasteiger partial charge >= 0.3 is 0 Å². The first-order chi connectivity index (χ1) is 11.2. The molecule has 0 radical (unpaired) electrons. The van der Waals surface area contributed by atoms with Gasteiger partial charge < -0.3 is 21.0 Å². The number of hydrogen-bond donors (Lipinski definition) is 3. The number of nitrogens with zero attached hydrogens (tertiary/aromatic N) is 4. The van der Waals surface area contributed by atoms with Gasteiger partial charge in [-0.05, 0) is 12.1 Å². The number of rotatable bonds is 3. The summed E-state index contributed by atoms with van der Waals surface area (Å²) in [5.41, 5.74) is 15.7. The van der Waals surface area contributed by atoms with E-state index in [2.05, 4.69) is 19.9 Å². The van der Waals surface area contributed by atoms with E-state index in [0.717, 1.165) is 22.2 Å². The highest BCUT2D eigenvalue weighted by Crippen LogP contribution is 2.28. The van der Waals surface area contributed by atoms with Crippen molar-refractivity contribution in [1.29, 1.82) is 0 Å². The average Bonchev–Trinajstić information content (AvgIpc) is 3.15. The Hall–Kier alpha value is -2.64. The zero-order chi connectivity index (χ0) is 16.0. The largest absolute Gasteiger partial charge is 0.382 e. The lowest BCUT2D eigenvalue weighted by molar-refractivity contribution is 0.817. The second kappa shape index (κ2) is 5.22. The second-order valence-electron chi connectivity index (χ2n) is 5.29. The Morgan fingerprint density at radius 1 is 1.22 bits per heavy atom. The van der Waals surface area contributed by atoms with E-state index in [1.807, 2.05) is 22.8 Å². The van der Waals surface area contributed by atoms with Crippen LogP contribution in [0.1, 0.15) is 11.3 Å². The Balaban J connectivity index is 1.87. The smallest absolute Gasteiger partial charge is 0.165 e. The summed E-state index contributed by atoms with van der Waals surface area (Å²) in [6, 6.07) is 5.89. The number of fused-ring (bicyclic) bond motifs is 2. The highest BCUT2D eigenvalue weighted by Gasteiger charge is 2.13. The number of nitrogen functional groups attached to an aromatic ring is 1. The molecule has 7 nitrogen and oxygen atoms in total. The number of nitrogens with one attached hydrogen (secondary N) is 1. The van der Waals surface area contributed by atoms with Gasteiger partial charge in [-0.15, -0.1) is 0 Å². The lowest BCUT2D eigenvalue weighted by Gasteiger charge is -2.08. The molecule has 1 aromatic carbocycles. The van der Waals surface area contributed by atoms with E-state index in [4.69, 9.17) is 23.1 Å². The summed E-state index contributed by atoms with van der Waals surface area (Å²) in [6.45, 7) is 0.969. The maximum atomic E-state index is 6.41. The SMILES string of the molecule is NCc1cc2ccc(Cl)c(Cn3cnc4c(N)ncnc43)c2[nH]1. The number of aromatic amines is 1. The summed E-state index contributed by atoms with van der Waals surface area (Å²) < 4.78 is 1.90. The van der Waals surface area contributed by atoms with E-state index in [1.165, 1.54) is 6.33 Å². The molecule has 0 fully saturated rings. The number of imidazole rings is 1. The molecule has 5 N–H and O–H groups in total. The minimum absolute atomic E-state index is 0.364. The number of aromatic nitrogens is 5. The molecule has 0 aliphatic carbocycles. The zero-order valence-corrected chi connectivity index (χ0v) is 12.9. The van der Waals surface area contributed by atoms with E-state index in [1.54, 1.807) is 6.33 Å². The fourth-order valence-electron chi connectivity index (χ4n) is 2.74. The van der Waals surface area contributed by atoms with Gasteiger partial charge in [0.2, 0.25) is 0 Å². The highest BCUT2D eigenvalue weighted by atomic mass is 35.5.